The van der Waals surface area contributed by atoms with E-state index < -0.39 is 0 Å². The minimum Gasteiger partial charge on any atom is -0.368 e. The molecule has 0 atom stereocenters. The standard InChI is InChI=1S/C19H20N4/c1-13-4-7-18(10-14(13)2)17-8-5-16(6-9-17)11-21-23-12-15(3)22-19(23)20/h4-12H,1-3H3,(H2,20,22). The molecule has 0 radical (unpaired) electrons. The third-order valence-corrected chi connectivity index (χ3v) is 3.92. The Labute approximate surface area is 136 Å². The Morgan fingerprint density at radius 3 is 2.26 bits per heavy atom. The summed E-state index contributed by atoms with van der Waals surface area (Å²) in [5.41, 5.74) is 12.7. The van der Waals surface area contributed by atoms with Crippen molar-refractivity contribution < 1.29 is 0 Å². The van der Waals surface area contributed by atoms with Crippen LogP contribution in [0.3, 0.4) is 0 Å². The topological polar surface area (TPSA) is 56.2 Å². The van der Waals surface area contributed by atoms with Gasteiger partial charge in [0.05, 0.1) is 18.1 Å². The van der Waals surface area contributed by atoms with Crippen LogP contribution in [0.25, 0.3) is 11.1 Å². The van der Waals surface area contributed by atoms with E-state index >= 15 is 0 Å². The van der Waals surface area contributed by atoms with Crippen LogP contribution in [0.4, 0.5) is 5.95 Å². The molecule has 4 heteroatoms. The Kier molecular flexibility index (Phi) is 3.98. The van der Waals surface area contributed by atoms with E-state index in [-0.39, 0.29) is 0 Å². The molecule has 1 aromatic heterocycles. The average Bonchev–Trinajstić information content (AvgIpc) is 2.86. The number of imidazole rings is 1. The van der Waals surface area contributed by atoms with Gasteiger partial charge in [0.1, 0.15) is 0 Å². The third-order valence-electron chi connectivity index (χ3n) is 3.92. The first-order valence-electron chi connectivity index (χ1n) is 7.56. The van der Waals surface area contributed by atoms with Gasteiger partial charge in [-0.3, -0.25) is 0 Å². The number of hydrogen-bond donors (Lipinski definition) is 1. The maximum Gasteiger partial charge on any atom is 0.221 e. The van der Waals surface area contributed by atoms with Crippen LogP contribution in [-0.4, -0.2) is 15.9 Å². The van der Waals surface area contributed by atoms with Crippen LogP contribution in [0.5, 0.6) is 0 Å². The van der Waals surface area contributed by atoms with Crippen LogP contribution >= 0.6 is 0 Å². The molecule has 1 heterocycles. The van der Waals surface area contributed by atoms with E-state index in [1.807, 2.05) is 19.1 Å². The van der Waals surface area contributed by atoms with Gasteiger partial charge in [0, 0.05) is 0 Å². The zero-order valence-electron chi connectivity index (χ0n) is 13.6. The van der Waals surface area contributed by atoms with Gasteiger partial charge in [-0.25, -0.2) is 9.66 Å². The third kappa shape index (κ3) is 3.31. The second-order valence-corrected chi connectivity index (χ2v) is 5.75. The Balaban J connectivity index is 1.81. The van der Waals surface area contributed by atoms with E-state index in [4.69, 9.17) is 5.73 Å². The van der Waals surface area contributed by atoms with Gasteiger partial charge in [0.15, 0.2) is 0 Å². The molecule has 0 aliphatic heterocycles. The zero-order chi connectivity index (χ0) is 16.4. The first kappa shape index (κ1) is 15.0. The molecular weight excluding hydrogens is 284 g/mol. The van der Waals surface area contributed by atoms with Crippen molar-refractivity contribution in [1.82, 2.24) is 9.66 Å². The van der Waals surface area contributed by atoms with Crippen LogP contribution in [-0.2, 0) is 0 Å². The molecular formula is C19H20N4. The molecule has 3 aromatic rings. The van der Waals surface area contributed by atoms with Gasteiger partial charge in [-0.2, -0.15) is 5.10 Å². The SMILES string of the molecule is Cc1cn(N=Cc2ccc(-c3ccc(C)c(C)c3)cc2)c(N)n1. The highest BCUT2D eigenvalue weighted by molar-refractivity contribution is 5.81. The molecule has 0 aliphatic carbocycles. The monoisotopic (exact) mass is 304 g/mol. The maximum atomic E-state index is 5.77. The minimum atomic E-state index is 0.394. The average molecular weight is 304 g/mol. The van der Waals surface area contributed by atoms with Crippen molar-refractivity contribution in [3.8, 4) is 11.1 Å². The summed E-state index contributed by atoms with van der Waals surface area (Å²) >= 11 is 0. The largest absolute Gasteiger partial charge is 0.368 e. The van der Waals surface area contributed by atoms with Crippen molar-refractivity contribution >= 4 is 12.2 Å². The van der Waals surface area contributed by atoms with Crippen LogP contribution in [0, 0.1) is 20.8 Å². The number of anilines is 1. The molecule has 0 bridgehead atoms. The predicted octanol–water partition coefficient (Wildman–Crippen LogP) is 3.94. The van der Waals surface area contributed by atoms with E-state index in [1.54, 1.807) is 17.1 Å². The summed E-state index contributed by atoms with van der Waals surface area (Å²) < 4.78 is 1.58. The number of aromatic nitrogens is 2. The first-order valence-corrected chi connectivity index (χ1v) is 7.56. The summed E-state index contributed by atoms with van der Waals surface area (Å²) in [5, 5.41) is 4.33. The molecule has 0 aliphatic rings. The molecule has 0 saturated heterocycles. The maximum absolute atomic E-state index is 5.77. The van der Waals surface area contributed by atoms with Crippen LogP contribution in [0.1, 0.15) is 22.4 Å². The van der Waals surface area contributed by atoms with Gasteiger partial charge in [0.25, 0.3) is 0 Å². The molecule has 23 heavy (non-hydrogen) atoms. The second-order valence-electron chi connectivity index (χ2n) is 5.75. The van der Waals surface area contributed by atoms with Gasteiger partial charge in [-0.15, -0.1) is 0 Å². The minimum absolute atomic E-state index is 0.394. The molecule has 0 fully saturated rings. The number of rotatable bonds is 3. The van der Waals surface area contributed by atoms with E-state index in [0.717, 1.165) is 11.3 Å². The summed E-state index contributed by atoms with van der Waals surface area (Å²) in [6, 6.07) is 14.8. The molecule has 3 rings (SSSR count). The summed E-state index contributed by atoms with van der Waals surface area (Å²) in [5.74, 6) is 0.394. The molecule has 0 spiro atoms. The number of aryl methyl sites for hydroxylation is 3. The Hall–Kier alpha value is -2.88. The van der Waals surface area contributed by atoms with E-state index in [1.165, 1.54) is 22.3 Å². The number of nitrogen functional groups attached to an aromatic ring is 1. The van der Waals surface area contributed by atoms with Gasteiger partial charge in [-0.05, 0) is 48.6 Å². The lowest BCUT2D eigenvalue weighted by Gasteiger charge is -2.06. The Morgan fingerprint density at radius 2 is 1.65 bits per heavy atom. The van der Waals surface area contributed by atoms with Crippen molar-refractivity contribution in [3.63, 3.8) is 0 Å². The van der Waals surface area contributed by atoms with Crippen LogP contribution in [0.15, 0.2) is 53.8 Å². The second kappa shape index (κ2) is 6.08. The van der Waals surface area contributed by atoms with Gasteiger partial charge in [0.2, 0.25) is 5.95 Å². The lowest BCUT2D eigenvalue weighted by atomic mass is 10.00. The normalized spacial score (nSPS) is 11.3. The Morgan fingerprint density at radius 1 is 0.957 bits per heavy atom. The fourth-order valence-electron chi connectivity index (χ4n) is 2.41. The van der Waals surface area contributed by atoms with E-state index in [2.05, 4.69) is 54.3 Å². The summed E-state index contributed by atoms with van der Waals surface area (Å²) in [4.78, 5) is 4.12. The van der Waals surface area contributed by atoms with Crippen molar-refractivity contribution in [2.45, 2.75) is 20.8 Å². The van der Waals surface area contributed by atoms with Crippen molar-refractivity contribution in [1.29, 1.82) is 0 Å². The molecule has 0 unspecified atom stereocenters. The Bertz CT molecular complexity index is 858. The van der Waals surface area contributed by atoms with E-state index in [9.17, 15) is 0 Å². The highest BCUT2D eigenvalue weighted by atomic mass is 15.4. The van der Waals surface area contributed by atoms with Crippen LogP contribution < -0.4 is 5.73 Å². The lowest BCUT2D eigenvalue weighted by Crippen LogP contribution is -1.96. The first-order chi connectivity index (χ1) is 11.0. The zero-order valence-corrected chi connectivity index (χ0v) is 13.6. The molecule has 0 amide bonds. The molecule has 116 valence electrons. The highest BCUT2D eigenvalue weighted by Crippen LogP contribution is 2.22. The van der Waals surface area contributed by atoms with Crippen molar-refractivity contribution in [2.75, 3.05) is 5.73 Å². The predicted molar refractivity (Wildman–Crippen MR) is 95.7 cm³/mol. The van der Waals surface area contributed by atoms with Crippen LogP contribution in [0.2, 0.25) is 0 Å². The summed E-state index contributed by atoms with van der Waals surface area (Å²) in [6.45, 7) is 6.15. The van der Waals surface area contributed by atoms with Gasteiger partial charge in [-0.1, -0.05) is 42.5 Å². The number of hydrogen-bond acceptors (Lipinski definition) is 3. The molecule has 2 N–H and O–H groups in total. The van der Waals surface area contributed by atoms with Crippen molar-refractivity contribution in [2.24, 2.45) is 5.10 Å². The highest BCUT2D eigenvalue weighted by Gasteiger charge is 2.01. The number of nitrogens with zero attached hydrogens (tertiary/aromatic N) is 3. The fourth-order valence-corrected chi connectivity index (χ4v) is 2.41. The fraction of sp³-hybridized carbons (Fsp3) is 0.158. The van der Waals surface area contributed by atoms with E-state index in [0.29, 0.717) is 5.95 Å². The lowest BCUT2D eigenvalue weighted by molar-refractivity contribution is 0.897. The van der Waals surface area contributed by atoms with Gasteiger partial charge >= 0.3 is 0 Å². The smallest absolute Gasteiger partial charge is 0.221 e. The van der Waals surface area contributed by atoms with Crippen molar-refractivity contribution in [3.05, 3.63) is 71.0 Å². The number of nitrogens with two attached hydrogens (primary N) is 1. The molecule has 0 saturated carbocycles. The molecule has 4 nitrogen and oxygen atoms in total. The summed E-state index contributed by atoms with van der Waals surface area (Å²) in [7, 11) is 0. The number of benzene rings is 2. The summed E-state index contributed by atoms with van der Waals surface area (Å²) in [6.07, 6.45) is 3.58. The van der Waals surface area contributed by atoms with Gasteiger partial charge < -0.3 is 5.73 Å². The molecule has 2 aromatic carbocycles. The quantitative estimate of drug-likeness (QED) is 0.745.